The number of fused-ring (bicyclic) bond motifs is 1. The van der Waals surface area contributed by atoms with E-state index in [0.717, 1.165) is 27.6 Å². The SMILES string of the molecule is O=C(O)COc1ccc(/C=N/NC(=O)c2ccc(COc3ccc4ccccc4c3)cc2)cc1. The third kappa shape index (κ3) is 6.20. The highest BCUT2D eigenvalue weighted by Crippen LogP contribution is 2.21. The van der Waals surface area contributed by atoms with Gasteiger partial charge in [-0.05, 0) is 70.4 Å². The molecule has 0 aliphatic rings. The Labute approximate surface area is 196 Å². The summed E-state index contributed by atoms with van der Waals surface area (Å²) >= 11 is 0. The zero-order chi connectivity index (χ0) is 23.8. The van der Waals surface area contributed by atoms with Crippen LogP contribution in [0.25, 0.3) is 10.8 Å². The summed E-state index contributed by atoms with van der Waals surface area (Å²) in [4.78, 5) is 22.8. The predicted octanol–water partition coefficient (Wildman–Crippen LogP) is 4.65. The van der Waals surface area contributed by atoms with E-state index in [1.807, 2.05) is 48.5 Å². The van der Waals surface area contributed by atoms with Gasteiger partial charge >= 0.3 is 5.97 Å². The average Bonchev–Trinajstić information content (AvgIpc) is 2.87. The summed E-state index contributed by atoms with van der Waals surface area (Å²) in [6.45, 7) is -0.0115. The Morgan fingerprint density at radius 1 is 0.824 bits per heavy atom. The first-order chi connectivity index (χ1) is 16.6. The number of amides is 1. The van der Waals surface area contributed by atoms with Gasteiger partial charge in [-0.3, -0.25) is 4.79 Å². The van der Waals surface area contributed by atoms with Gasteiger partial charge in [0.25, 0.3) is 5.91 Å². The maximum Gasteiger partial charge on any atom is 0.341 e. The molecule has 4 aromatic carbocycles. The molecule has 170 valence electrons. The van der Waals surface area contributed by atoms with Gasteiger partial charge in [0.15, 0.2) is 6.61 Å². The van der Waals surface area contributed by atoms with E-state index in [1.165, 1.54) is 6.21 Å². The van der Waals surface area contributed by atoms with Crippen molar-refractivity contribution in [2.75, 3.05) is 6.61 Å². The summed E-state index contributed by atoms with van der Waals surface area (Å²) in [5.41, 5.74) is 4.63. The van der Waals surface area contributed by atoms with E-state index in [4.69, 9.17) is 14.6 Å². The zero-order valence-corrected chi connectivity index (χ0v) is 18.2. The molecule has 34 heavy (non-hydrogen) atoms. The molecule has 0 aliphatic heterocycles. The number of ether oxygens (including phenoxy) is 2. The zero-order valence-electron chi connectivity index (χ0n) is 18.2. The highest BCUT2D eigenvalue weighted by Gasteiger charge is 2.05. The van der Waals surface area contributed by atoms with Crippen molar-refractivity contribution in [3.63, 3.8) is 0 Å². The van der Waals surface area contributed by atoms with Crippen molar-refractivity contribution in [3.05, 3.63) is 108 Å². The second kappa shape index (κ2) is 10.8. The van der Waals surface area contributed by atoms with Crippen LogP contribution in [0.5, 0.6) is 11.5 Å². The molecule has 0 aliphatic carbocycles. The number of benzene rings is 4. The van der Waals surface area contributed by atoms with Gasteiger partial charge in [0.2, 0.25) is 0 Å². The Bertz CT molecular complexity index is 1320. The molecule has 0 heterocycles. The Morgan fingerprint density at radius 2 is 1.53 bits per heavy atom. The number of rotatable bonds is 9. The average molecular weight is 454 g/mol. The molecule has 0 aromatic heterocycles. The Balaban J connectivity index is 1.27. The summed E-state index contributed by atoms with van der Waals surface area (Å²) in [6.07, 6.45) is 1.49. The lowest BCUT2D eigenvalue weighted by atomic mass is 10.1. The van der Waals surface area contributed by atoms with E-state index in [1.54, 1.807) is 36.4 Å². The minimum Gasteiger partial charge on any atom is -0.489 e. The maximum absolute atomic E-state index is 12.3. The molecule has 4 rings (SSSR count). The number of carboxylic acids is 1. The van der Waals surface area contributed by atoms with Crippen molar-refractivity contribution in [3.8, 4) is 11.5 Å². The minimum absolute atomic E-state index is 0.334. The maximum atomic E-state index is 12.3. The summed E-state index contributed by atoms with van der Waals surface area (Å²) in [6, 6.07) is 27.9. The van der Waals surface area contributed by atoms with Crippen LogP contribution in [-0.4, -0.2) is 29.8 Å². The normalized spacial score (nSPS) is 10.8. The van der Waals surface area contributed by atoms with E-state index >= 15 is 0 Å². The highest BCUT2D eigenvalue weighted by atomic mass is 16.5. The number of nitrogens with zero attached hydrogens (tertiary/aromatic N) is 1. The Morgan fingerprint density at radius 3 is 2.26 bits per heavy atom. The minimum atomic E-state index is -1.04. The molecule has 2 N–H and O–H groups in total. The number of carboxylic acid groups (broad SMARTS) is 1. The van der Waals surface area contributed by atoms with Gasteiger partial charge in [-0.15, -0.1) is 0 Å². The molecular formula is C27H22N2O5. The number of hydrogen-bond donors (Lipinski definition) is 2. The Hall–Kier alpha value is -4.65. The van der Waals surface area contributed by atoms with Gasteiger partial charge < -0.3 is 14.6 Å². The topological polar surface area (TPSA) is 97.2 Å². The van der Waals surface area contributed by atoms with Crippen LogP contribution in [-0.2, 0) is 11.4 Å². The molecule has 0 bridgehead atoms. The number of carbonyl (C=O) groups excluding carboxylic acids is 1. The number of nitrogens with one attached hydrogen (secondary N) is 1. The third-order valence-electron chi connectivity index (χ3n) is 4.96. The number of aliphatic carboxylic acids is 1. The molecule has 4 aromatic rings. The first-order valence-electron chi connectivity index (χ1n) is 10.6. The third-order valence-corrected chi connectivity index (χ3v) is 4.96. The molecule has 7 heteroatoms. The summed E-state index contributed by atoms with van der Waals surface area (Å²) in [5, 5.41) is 14.9. The largest absolute Gasteiger partial charge is 0.489 e. The van der Waals surface area contributed by atoms with Gasteiger partial charge in [0.1, 0.15) is 18.1 Å². The van der Waals surface area contributed by atoms with Crippen LogP contribution in [0.4, 0.5) is 0 Å². The smallest absolute Gasteiger partial charge is 0.341 e. The molecule has 0 unspecified atom stereocenters. The van der Waals surface area contributed by atoms with Gasteiger partial charge in [-0.25, -0.2) is 10.2 Å². The standard InChI is InChI=1S/C27H22N2O5/c30-26(31)18-34-24-12-7-19(8-13-24)16-28-29-27(32)22-9-5-20(6-10-22)17-33-25-14-11-21-3-1-2-4-23(21)15-25/h1-16H,17-18H2,(H,29,32)(H,30,31)/b28-16+. The van der Waals surface area contributed by atoms with Crippen molar-refractivity contribution in [2.45, 2.75) is 6.61 Å². The first-order valence-corrected chi connectivity index (χ1v) is 10.6. The van der Waals surface area contributed by atoms with Crippen molar-refractivity contribution in [1.29, 1.82) is 0 Å². The van der Waals surface area contributed by atoms with Crippen molar-refractivity contribution < 1.29 is 24.2 Å². The van der Waals surface area contributed by atoms with Crippen LogP contribution in [0.3, 0.4) is 0 Å². The van der Waals surface area contributed by atoms with Crippen molar-refractivity contribution in [2.24, 2.45) is 5.10 Å². The molecule has 7 nitrogen and oxygen atoms in total. The van der Waals surface area contributed by atoms with E-state index in [2.05, 4.69) is 16.6 Å². The molecule has 0 radical (unpaired) electrons. The van der Waals surface area contributed by atoms with Crippen LogP contribution in [0.2, 0.25) is 0 Å². The van der Waals surface area contributed by atoms with Crippen LogP contribution in [0.1, 0.15) is 21.5 Å². The quantitative estimate of drug-likeness (QED) is 0.284. The molecule has 0 spiro atoms. The molecule has 1 amide bonds. The lowest BCUT2D eigenvalue weighted by molar-refractivity contribution is -0.139. The molecule has 0 fully saturated rings. The predicted molar refractivity (Wildman–Crippen MR) is 129 cm³/mol. The summed E-state index contributed by atoms with van der Waals surface area (Å²) < 4.78 is 11.0. The monoisotopic (exact) mass is 454 g/mol. The lowest BCUT2D eigenvalue weighted by Gasteiger charge is -2.08. The van der Waals surface area contributed by atoms with Crippen LogP contribution < -0.4 is 14.9 Å². The van der Waals surface area contributed by atoms with E-state index in [9.17, 15) is 9.59 Å². The number of hydrogen-bond acceptors (Lipinski definition) is 5. The van der Waals surface area contributed by atoms with Crippen LogP contribution in [0.15, 0.2) is 96.1 Å². The van der Waals surface area contributed by atoms with Gasteiger partial charge in [0.05, 0.1) is 6.21 Å². The fourth-order valence-electron chi connectivity index (χ4n) is 3.20. The Kier molecular flexibility index (Phi) is 7.15. The van der Waals surface area contributed by atoms with E-state index in [-0.39, 0.29) is 5.91 Å². The van der Waals surface area contributed by atoms with Crippen LogP contribution in [0, 0.1) is 0 Å². The molecular weight excluding hydrogens is 432 g/mol. The van der Waals surface area contributed by atoms with Gasteiger partial charge in [-0.1, -0.05) is 42.5 Å². The number of carbonyl (C=O) groups is 2. The summed E-state index contributed by atoms with van der Waals surface area (Å²) in [5.74, 6) is -0.150. The van der Waals surface area contributed by atoms with Crippen LogP contribution >= 0.6 is 0 Å². The number of hydrazone groups is 1. The second-order valence-electron chi connectivity index (χ2n) is 7.45. The molecule has 0 atom stereocenters. The fraction of sp³-hybridized carbons (Fsp3) is 0.0741. The van der Waals surface area contributed by atoms with E-state index in [0.29, 0.717) is 17.9 Å². The van der Waals surface area contributed by atoms with Gasteiger partial charge in [-0.2, -0.15) is 5.10 Å². The van der Waals surface area contributed by atoms with Gasteiger partial charge in [0, 0.05) is 5.56 Å². The lowest BCUT2D eigenvalue weighted by Crippen LogP contribution is -2.17. The highest BCUT2D eigenvalue weighted by molar-refractivity contribution is 5.94. The first kappa shape index (κ1) is 22.5. The van der Waals surface area contributed by atoms with E-state index < -0.39 is 12.6 Å². The summed E-state index contributed by atoms with van der Waals surface area (Å²) in [7, 11) is 0. The molecule has 0 saturated heterocycles. The second-order valence-corrected chi connectivity index (χ2v) is 7.45. The molecule has 0 saturated carbocycles. The fourth-order valence-corrected chi connectivity index (χ4v) is 3.20. The van der Waals surface area contributed by atoms with Crippen molar-refractivity contribution in [1.82, 2.24) is 5.43 Å². The van der Waals surface area contributed by atoms with Crippen molar-refractivity contribution >= 4 is 28.9 Å².